The fourth-order valence-electron chi connectivity index (χ4n) is 2.05. The van der Waals surface area contributed by atoms with Gasteiger partial charge in [0.05, 0.1) is 6.26 Å². The molecular formula is C13H13NO. The summed E-state index contributed by atoms with van der Waals surface area (Å²) in [6, 6.07) is 8.41. The van der Waals surface area contributed by atoms with Gasteiger partial charge in [0, 0.05) is 11.9 Å². The minimum Gasteiger partial charge on any atom is -0.464 e. The first-order valence-corrected chi connectivity index (χ1v) is 5.31. The maximum absolute atomic E-state index is 5.33. The molecule has 15 heavy (non-hydrogen) atoms. The second-order valence-corrected chi connectivity index (χ2v) is 3.86. The highest BCUT2D eigenvalue weighted by Crippen LogP contribution is 2.24. The molecule has 1 aromatic carbocycles. The SMILES string of the molecule is C1=C(c2ccc3occc3c2)CCNC1. The molecular weight excluding hydrogens is 186 g/mol. The second-order valence-electron chi connectivity index (χ2n) is 3.86. The van der Waals surface area contributed by atoms with E-state index in [2.05, 4.69) is 23.5 Å². The maximum atomic E-state index is 5.33. The van der Waals surface area contributed by atoms with Crippen LogP contribution >= 0.6 is 0 Å². The fraction of sp³-hybridized carbons (Fsp3) is 0.231. The molecule has 0 fully saturated rings. The van der Waals surface area contributed by atoms with E-state index in [1.807, 2.05) is 12.1 Å². The summed E-state index contributed by atoms with van der Waals surface area (Å²) in [6.45, 7) is 2.06. The molecule has 3 rings (SSSR count). The van der Waals surface area contributed by atoms with Crippen molar-refractivity contribution >= 4 is 16.5 Å². The van der Waals surface area contributed by atoms with Gasteiger partial charge in [-0.1, -0.05) is 12.1 Å². The van der Waals surface area contributed by atoms with Gasteiger partial charge in [-0.25, -0.2) is 0 Å². The number of hydrogen-bond donors (Lipinski definition) is 1. The third-order valence-corrected chi connectivity index (χ3v) is 2.89. The lowest BCUT2D eigenvalue weighted by atomic mass is 9.99. The molecule has 1 N–H and O–H groups in total. The van der Waals surface area contributed by atoms with Crippen LogP contribution in [-0.4, -0.2) is 13.1 Å². The Bertz CT molecular complexity index is 510. The van der Waals surface area contributed by atoms with Crippen molar-refractivity contribution in [2.75, 3.05) is 13.1 Å². The van der Waals surface area contributed by atoms with Crippen molar-refractivity contribution in [3.05, 3.63) is 42.2 Å². The van der Waals surface area contributed by atoms with Crippen molar-refractivity contribution in [2.45, 2.75) is 6.42 Å². The Balaban J connectivity index is 2.06. The second kappa shape index (κ2) is 3.55. The molecule has 76 valence electrons. The average Bonchev–Trinajstić information content (AvgIpc) is 2.77. The van der Waals surface area contributed by atoms with E-state index in [4.69, 9.17) is 4.42 Å². The van der Waals surface area contributed by atoms with E-state index in [0.717, 1.165) is 25.1 Å². The first-order chi connectivity index (χ1) is 7.43. The van der Waals surface area contributed by atoms with Crippen LogP contribution in [0.4, 0.5) is 0 Å². The van der Waals surface area contributed by atoms with E-state index in [1.165, 1.54) is 16.5 Å². The number of hydrogen-bond acceptors (Lipinski definition) is 2. The van der Waals surface area contributed by atoms with Crippen LogP contribution in [0.5, 0.6) is 0 Å². The number of nitrogens with one attached hydrogen (secondary N) is 1. The van der Waals surface area contributed by atoms with Gasteiger partial charge in [0.15, 0.2) is 0 Å². The van der Waals surface area contributed by atoms with Gasteiger partial charge in [-0.05, 0) is 42.3 Å². The average molecular weight is 199 g/mol. The van der Waals surface area contributed by atoms with Gasteiger partial charge in [0.2, 0.25) is 0 Å². The minimum atomic E-state index is 0.966. The smallest absolute Gasteiger partial charge is 0.133 e. The summed E-state index contributed by atoms with van der Waals surface area (Å²) in [5, 5.41) is 4.51. The molecule has 0 spiro atoms. The van der Waals surface area contributed by atoms with Crippen LogP contribution in [0.15, 0.2) is 41.0 Å². The van der Waals surface area contributed by atoms with E-state index in [0.29, 0.717) is 0 Å². The van der Waals surface area contributed by atoms with Crippen LogP contribution in [0.2, 0.25) is 0 Å². The summed E-state index contributed by atoms with van der Waals surface area (Å²) in [7, 11) is 0. The molecule has 0 bridgehead atoms. The van der Waals surface area contributed by atoms with Crippen LogP contribution in [-0.2, 0) is 0 Å². The third kappa shape index (κ3) is 1.57. The lowest BCUT2D eigenvalue weighted by molar-refractivity contribution is 0.616. The van der Waals surface area contributed by atoms with Crippen molar-refractivity contribution in [3.8, 4) is 0 Å². The standard InChI is InChI=1S/C13H13NO/c1-2-13-12(5-8-15-13)9-11(1)10-3-6-14-7-4-10/h1-3,5,8-9,14H,4,6-7H2. The highest BCUT2D eigenvalue weighted by molar-refractivity contribution is 5.82. The van der Waals surface area contributed by atoms with Crippen LogP contribution in [0, 0.1) is 0 Å². The largest absolute Gasteiger partial charge is 0.464 e. The summed E-state index contributed by atoms with van der Waals surface area (Å²) in [4.78, 5) is 0. The molecule has 0 radical (unpaired) electrons. The molecule has 2 aromatic rings. The summed E-state index contributed by atoms with van der Waals surface area (Å²) in [6.07, 6.45) is 5.12. The first kappa shape index (κ1) is 8.74. The van der Waals surface area contributed by atoms with Crippen LogP contribution in [0.1, 0.15) is 12.0 Å². The minimum absolute atomic E-state index is 0.966. The zero-order valence-corrected chi connectivity index (χ0v) is 8.49. The molecule has 0 aliphatic carbocycles. The Morgan fingerprint density at radius 3 is 3.07 bits per heavy atom. The van der Waals surface area contributed by atoms with Crippen molar-refractivity contribution in [3.63, 3.8) is 0 Å². The van der Waals surface area contributed by atoms with E-state index in [-0.39, 0.29) is 0 Å². The van der Waals surface area contributed by atoms with Crippen molar-refractivity contribution in [1.82, 2.24) is 5.32 Å². The lowest BCUT2D eigenvalue weighted by Crippen LogP contribution is -2.19. The van der Waals surface area contributed by atoms with Gasteiger partial charge in [-0.3, -0.25) is 0 Å². The monoisotopic (exact) mass is 199 g/mol. The predicted molar refractivity (Wildman–Crippen MR) is 61.7 cm³/mol. The molecule has 0 atom stereocenters. The van der Waals surface area contributed by atoms with Gasteiger partial charge in [-0.2, -0.15) is 0 Å². The van der Waals surface area contributed by atoms with E-state index in [1.54, 1.807) is 6.26 Å². The van der Waals surface area contributed by atoms with Gasteiger partial charge in [0.1, 0.15) is 5.58 Å². The molecule has 1 aliphatic heterocycles. The first-order valence-electron chi connectivity index (χ1n) is 5.31. The molecule has 2 nitrogen and oxygen atoms in total. The van der Waals surface area contributed by atoms with Crippen LogP contribution in [0.25, 0.3) is 16.5 Å². The maximum Gasteiger partial charge on any atom is 0.133 e. The summed E-state index contributed by atoms with van der Waals surface area (Å²) < 4.78 is 5.33. The zero-order chi connectivity index (χ0) is 10.1. The Morgan fingerprint density at radius 2 is 2.20 bits per heavy atom. The molecule has 2 heteroatoms. The van der Waals surface area contributed by atoms with Gasteiger partial charge in [0.25, 0.3) is 0 Å². The van der Waals surface area contributed by atoms with Gasteiger partial charge >= 0.3 is 0 Å². The molecule has 0 amide bonds. The molecule has 0 saturated carbocycles. The Kier molecular flexibility index (Phi) is 2.07. The Hall–Kier alpha value is -1.54. The number of fused-ring (bicyclic) bond motifs is 1. The van der Waals surface area contributed by atoms with Crippen molar-refractivity contribution in [2.24, 2.45) is 0 Å². The van der Waals surface area contributed by atoms with E-state index < -0.39 is 0 Å². The normalized spacial score (nSPS) is 16.7. The van der Waals surface area contributed by atoms with E-state index in [9.17, 15) is 0 Å². The van der Waals surface area contributed by atoms with Crippen LogP contribution < -0.4 is 5.32 Å². The topological polar surface area (TPSA) is 25.2 Å². The number of benzene rings is 1. The summed E-state index contributed by atoms with van der Waals surface area (Å²) >= 11 is 0. The van der Waals surface area contributed by atoms with Crippen LogP contribution in [0.3, 0.4) is 0 Å². The predicted octanol–water partition coefficient (Wildman–Crippen LogP) is 2.81. The van der Waals surface area contributed by atoms with Crippen molar-refractivity contribution < 1.29 is 4.42 Å². The summed E-state index contributed by atoms with van der Waals surface area (Å²) in [5.74, 6) is 0. The molecule has 0 unspecified atom stereocenters. The van der Waals surface area contributed by atoms with Gasteiger partial charge < -0.3 is 9.73 Å². The van der Waals surface area contributed by atoms with Crippen molar-refractivity contribution in [1.29, 1.82) is 0 Å². The fourth-order valence-corrected chi connectivity index (χ4v) is 2.05. The molecule has 0 saturated heterocycles. The molecule has 1 aromatic heterocycles. The number of furan rings is 1. The Morgan fingerprint density at radius 1 is 1.20 bits per heavy atom. The number of rotatable bonds is 1. The summed E-state index contributed by atoms with van der Waals surface area (Å²) in [5.41, 5.74) is 3.73. The molecule has 2 heterocycles. The highest BCUT2D eigenvalue weighted by atomic mass is 16.3. The Labute approximate surface area is 88.6 Å². The lowest BCUT2D eigenvalue weighted by Gasteiger charge is -2.13. The van der Waals surface area contributed by atoms with Gasteiger partial charge in [-0.15, -0.1) is 0 Å². The van der Waals surface area contributed by atoms with E-state index >= 15 is 0 Å². The zero-order valence-electron chi connectivity index (χ0n) is 8.49. The highest BCUT2D eigenvalue weighted by Gasteiger charge is 2.06. The quantitative estimate of drug-likeness (QED) is 0.764. The third-order valence-electron chi connectivity index (χ3n) is 2.89. The molecule has 1 aliphatic rings.